The van der Waals surface area contributed by atoms with Gasteiger partial charge in [0.05, 0.1) is 12.5 Å². The van der Waals surface area contributed by atoms with Crippen molar-refractivity contribution in [3.8, 4) is 0 Å². The van der Waals surface area contributed by atoms with Crippen LogP contribution in [0, 0.1) is 5.82 Å². The Morgan fingerprint density at radius 2 is 1.84 bits per heavy atom. The van der Waals surface area contributed by atoms with E-state index in [2.05, 4.69) is 0 Å². The molecule has 130 valence electrons. The summed E-state index contributed by atoms with van der Waals surface area (Å²) in [5.74, 6) is -0.382. The molecule has 0 radical (unpaired) electrons. The molecule has 0 bridgehead atoms. The summed E-state index contributed by atoms with van der Waals surface area (Å²) in [6.07, 6.45) is 0.154. The Balaban J connectivity index is 1.82. The van der Waals surface area contributed by atoms with Crippen LogP contribution in [-0.4, -0.2) is 41.2 Å². The first-order valence-corrected chi connectivity index (χ1v) is 8.39. The molecular formula is C20H21FN2O2. The first-order chi connectivity index (χ1) is 12.0. The molecule has 0 aromatic heterocycles. The molecule has 1 aliphatic rings. The molecule has 2 aromatic rings. The van der Waals surface area contributed by atoms with Gasteiger partial charge in [0.25, 0.3) is 0 Å². The fraction of sp³-hybridized carbons (Fsp3) is 0.300. The minimum Gasteiger partial charge on any atom is -0.339 e. The maximum Gasteiger partial charge on any atom is 0.227 e. The fourth-order valence-corrected chi connectivity index (χ4v) is 3.25. The van der Waals surface area contributed by atoms with Gasteiger partial charge >= 0.3 is 0 Å². The van der Waals surface area contributed by atoms with Gasteiger partial charge in [0.15, 0.2) is 0 Å². The highest BCUT2D eigenvalue weighted by atomic mass is 19.1. The van der Waals surface area contributed by atoms with Crippen molar-refractivity contribution >= 4 is 11.8 Å². The first kappa shape index (κ1) is 17.1. The topological polar surface area (TPSA) is 40.6 Å². The highest BCUT2D eigenvalue weighted by Crippen LogP contribution is 2.26. The second-order valence-corrected chi connectivity index (χ2v) is 6.29. The summed E-state index contributed by atoms with van der Waals surface area (Å²) < 4.78 is 13.4. The summed E-state index contributed by atoms with van der Waals surface area (Å²) in [7, 11) is 0. The van der Waals surface area contributed by atoms with E-state index in [1.54, 1.807) is 28.9 Å². The van der Waals surface area contributed by atoms with Gasteiger partial charge in [0.1, 0.15) is 5.82 Å². The van der Waals surface area contributed by atoms with Crippen LogP contribution in [0.4, 0.5) is 4.39 Å². The van der Waals surface area contributed by atoms with Gasteiger partial charge in [0.2, 0.25) is 11.8 Å². The molecule has 0 spiro atoms. The standard InChI is InChI=1S/C20H21FN2O2/c1-15(24)22-10-11-23(19(14-22)17-7-3-2-4-8-17)20(25)13-16-6-5-9-18(21)12-16/h2-9,12,19H,10-11,13-14H2,1H3/t19-/m0/s1. The number of nitrogens with zero attached hydrogens (tertiary/aromatic N) is 2. The van der Waals surface area contributed by atoms with Crippen molar-refractivity contribution in [2.24, 2.45) is 0 Å². The maximum atomic E-state index is 13.4. The summed E-state index contributed by atoms with van der Waals surface area (Å²) >= 11 is 0. The minimum absolute atomic E-state index is 0.0122. The second kappa shape index (κ2) is 7.47. The van der Waals surface area contributed by atoms with Crippen molar-refractivity contribution in [3.63, 3.8) is 0 Å². The van der Waals surface area contributed by atoms with Crippen molar-refractivity contribution in [3.05, 3.63) is 71.5 Å². The van der Waals surface area contributed by atoms with E-state index in [0.717, 1.165) is 5.56 Å². The normalized spacial score (nSPS) is 17.4. The lowest BCUT2D eigenvalue weighted by Crippen LogP contribution is -2.52. The van der Waals surface area contributed by atoms with Crippen LogP contribution in [0.15, 0.2) is 54.6 Å². The lowest BCUT2D eigenvalue weighted by Gasteiger charge is -2.41. The lowest BCUT2D eigenvalue weighted by atomic mass is 10.0. The van der Waals surface area contributed by atoms with E-state index >= 15 is 0 Å². The predicted octanol–water partition coefficient (Wildman–Crippen LogP) is 2.80. The van der Waals surface area contributed by atoms with Crippen LogP contribution in [0.5, 0.6) is 0 Å². The van der Waals surface area contributed by atoms with E-state index in [-0.39, 0.29) is 30.1 Å². The molecule has 0 saturated carbocycles. The van der Waals surface area contributed by atoms with Crippen molar-refractivity contribution in [2.45, 2.75) is 19.4 Å². The van der Waals surface area contributed by atoms with Gasteiger partial charge in [-0.05, 0) is 23.3 Å². The molecule has 2 amide bonds. The van der Waals surface area contributed by atoms with E-state index < -0.39 is 0 Å². The number of carbonyl (C=O) groups is 2. The molecule has 0 N–H and O–H groups in total. The summed E-state index contributed by atoms with van der Waals surface area (Å²) in [5.41, 5.74) is 1.66. The first-order valence-electron chi connectivity index (χ1n) is 8.39. The summed E-state index contributed by atoms with van der Waals surface area (Å²) in [6.45, 7) is 3.03. The van der Waals surface area contributed by atoms with Crippen molar-refractivity contribution in [1.29, 1.82) is 0 Å². The highest BCUT2D eigenvalue weighted by Gasteiger charge is 2.32. The van der Waals surface area contributed by atoms with Crippen LogP contribution in [0.2, 0.25) is 0 Å². The number of halogens is 1. The van der Waals surface area contributed by atoms with Crippen LogP contribution in [0.1, 0.15) is 24.1 Å². The van der Waals surface area contributed by atoms with Gasteiger partial charge in [-0.15, -0.1) is 0 Å². The summed E-state index contributed by atoms with van der Waals surface area (Å²) in [5, 5.41) is 0. The maximum absolute atomic E-state index is 13.4. The SMILES string of the molecule is CC(=O)N1CCN(C(=O)Cc2cccc(F)c2)[C@H](c2ccccc2)C1. The molecule has 0 aliphatic carbocycles. The average molecular weight is 340 g/mol. The molecule has 2 aromatic carbocycles. The number of piperazine rings is 1. The number of hydrogen-bond donors (Lipinski definition) is 0. The lowest BCUT2D eigenvalue weighted by molar-refractivity contribution is -0.141. The molecule has 4 nitrogen and oxygen atoms in total. The van der Waals surface area contributed by atoms with Crippen LogP contribution in [0.25, 0.3) is 0 Å². The Hall–Kier alpha value is -2.69. The zero-order valence-corrected chi connectivity index (χ0v) is 14.2. The molecule has 1 heterocycles. The fourth-order valence-electron chi connectivity index (χ4n) is 3.25. The Bertz CT molecular complexity index is 763. The zero-order valence-electron chi connectivity index (χ0n) is 14.2. The van der Waals surface area contributed by atoms with Gasteiger partial charge in [-0.25, -0.2) is 4.39 Å². The van der Waals surface area contributed by atoms with E-state index in [9.17, 15) is 14.0 Å². The van der Waals surface area contributed by atoms with Gasteiger partial charge < -0.3 is 9.80 Å². The third kappa shape index (κ3) is 4.05. The minimum atomic E-state index is -0.341. The Morgan fingerprint density at radius 1 is 1.08 bits per heavy atom. The highest BCUT2D eigenvalue weighted by molar-refractivity contribution is 5.80. The summed E-state index contributed by atoms with van der Waals surface area (Å²) in [6, 6.07) is 15.7. The third-order valence-electron chi connectivity index (χ3n) is 4.57. The van der Waals surface area contributed by atoms with Crippen molar-refractivity contribution in [2.75, 3.05) is 19.6 Å². The molecular weight excluding hydrogens is 319 g/mol. The van der Waals surface area contributed by atoms with E-state index in [4.69, 9.17) is 0 Å². The smallest absolute Gasteiger partial charge is 0.227 e. The van der Waals surface area contributed by atoms with Crippen molar-refractivity contribution < 1.29 is 14.0 Å². The monoisotopic (exact) mass is 340 g/mol. The zero-order chi connectivity index (χ0) is 17.8. The molecule has 1 fully saturated rings. The molecule has 0 unspecified atom stereocenters. The Morgan fingerprint density at radius 3 is 2.52 bits per heavy atom. The van der Waals surface area contributed by atoms with Crippen LogP contribution >= 0.6 is 0 Å². The average Bonchev–Trinajstić information content (AvgIpc) is 2.62. The van der Waals surface area contributed by atoms with Crippen LogP contribution in [0.3, 0.4) is 0 Å². The van der Waals surface area contributed by atoms with Crippen LogP contribution in [-0.2, 0) is 16.0 Å². The van der Waals surface area contributed by atoms with Gasteiger partial charge in [0, 0.05) is 26.6 Å². The molecule has 1 atom stereocenters. The van der Waals surface area contributed by atoms with Crippen molar-refractivity contribution in [1.82, 2.24) is 9.80 Å². The second-order valence-electron chi connectivity index (χ2n) is 6.29. The molecule has 1 saturated heterocycles. The van der Waals surface area contributed by atoms with E-state index in [1.807, 2.05) is 30.3 Å². The van der Waals surface area contributed by atoms with Gasteiger partial charge in [-0.2, -0.15) is 0 Å². The van der Waals surface area contributed by atoms with E-state index in [1.165, 1.54) is 12.1 Å². The summed E-state index contributed by atoms with van der Waals surface area (Å²) in [4.78, 5) is 28.2. The number of rotatable bonds is 3. The number of amides is 2. The van der Waals surface area contributed by atoms with E-state index in [0.29, 0.717) is 25.2 Å². The molecule has 3 rings (SSSR count). The number of benzene rings is 2. The third-order valence-corrected chi connectivity index (χ3v) is 4.57. The predicted molar refractivity (Wildman–Crippen MR) is 93.3 cm³/mol. The molecule has 25 heavy (non-hydrogen) atoms. The quantitative estimate of drug-likeness (QED) is 0.862. The van der Waals surface area contributed by atoms with Gasteiger partial charge in [-0.3, -0.25) is 9.59 Å². The Labute approximate surface area is 146 Å². The van der Waals surface area contributed by atoms with Gasteiger partial charge in [-0.1, -0.05) is 42.5 Å². The Kier molecular flexibility index (Phi) is 5.12. The largest absolute Gasteiger partial charge is 0.339 e. The number of carbonyl (C=O) groups excluding carboxylic acids is 2. The molecule has 1 aliphatic heterocycles. The molecule has 5 heteroatoms. The van der Waals surface area contributed by atoms with Crippen LogP contribution < -0.4 is 0 Å². The number of hydrogen-bond acceptors (Lipinski definition) is 2.